The van der Waals surface area contributed by atoms with Crippen LogP contribution in [0.4, 0.5) is 13.2 Å². The molecule has 2 aromatic rings. The molecule has 1 aliphatic heterocycles. The van der Waals surface area contributed by atoms with Crippen LogP contribution in [-0.2, 0) is 9.53 Å². The van der Waals surface area contributed by atoms with Gasteiger partial charge in [-0.1, -0.05) is 31.5 Å². The quantitative estimate of drug-likeness (QED) is 0.218. The van der Waals surface area contributed by atoms with Gasteiger partial charge in [-0.15, -0.1) is 0 Å². The Morgan fingerprint density at radius 3 is 2.21 bits per heavy atom. The third kappa shape index (κ3) is 5.94. The van der Waals surface area contributed by atoms with Crippen LogP contribution in [0.1, 0.15) is 106 Å². The van der Waals surface area contributed by atoms with Crippen molar-refractivity contribution in [1.82, 2.24) is 0 Å². The topological polar surface area (TPSA) is 59.1 Å². The van der Waals surface area contributed by atoms with Gasteiger partial charge in [0.25, 0.3) is 0 Å². The number of benzene rings is 2. The summed E-state index contributed by atoms with van der Waals surface area (Å²) in [5.74, 6) is -3.58. The summed E-state index contributed by atoms with van der Waals surface area (Å²) < 4.78 is 55.2. The highest BCUT2D eigenvalue weighted by Gasteiger charge is 2.33. The molecule has 38 heavy (non-hydrogen) atoms. The lowest BCUT2D eigenvalue weighted by Gasteiger charge is -2.32. The minimum atomic E-state index is -1.13. The molecule has 2 saturated carbocycles. The Morgan fingerprint density at radius 1 is 0.947 bits per heavy atom. The Balaban J connectivity index is 1.15. The zero-order chi connectivity index (χ0) is 26.8. The minimum absolute atomic E-state index is 0.00273. The summed E-state index contributed by atoms with van der Waals surface area (Å²) in [4.78, 5) is 12.8. The molecule has 7 heteroatoms. The van der Waals surface area contributed by atoms with Crippen molar-refractivity contribution in [2.45, 2.75) is 95.2 Å². The van der Waals surface area contributed by atoms with Crippen molar-refractivity contribution in [1.29, 1.82) is 0 Å². The van der Waals surface area contributed by atoms with Crippen molar-refractivity contribution in [2.75, 3.05) is 6.61 Å². The van der Waals surface area contributed by atoms with Crippen LogP contribution in [0.5, 0.6) is 5.75 Å². The second-order valence-electron chi connectivity index (χ2n) is 11.3. The molecule has 1 N–H and O–H groups in total. The highest BCUT2D eigenvalue weighted by molar-refractivity contribution is 5.75. The van der Waals surface area contributed by atoms with Crippen LogP contribution in [0.15, 0.2) is 30.3 Å². The Morgan fingerprint density at radius 2 is 1.58 bits per heavy atom. The van der Waals surface area contributed by atoms with Gasteiger partial charge in [0.15, 0.2) is 11.6 Å². The lowest BCUT2D eigenvalue weighted by molar-refractivity contribution is -0.140. The predicted octanol–water partition coefficient (Wildman–Crippen LogP) is 7.49. The number of halogens is 3. The number of aliphatic hydroxyl groups excluding tert-OH is 1. The van der Waals surface area contributed by atoms with Crippen molar-refractivity contribution in [2.24, 2.45) is 11.8 Å². The van der Waals surface area contributed by atoms with Gasteiger partial charge in [-0.2, -0.15) is 4.39 Å². The number of epoxide rings is 1. The molecule has 5 rings (SSSR count). The zero-order valence-corrected chi connectivity index (χ0v) is 21.9. The van der Waals surface area contributed by atoms with Gasteiger partial charge in [0.05, 0.1) is 18.6 Å². The second-order valence-corrected chi connectivity index (χ2v) is 11.3. The number of esters is 1. The van der Waals surface area contributed by atoms with Crippen LogP contribution in [0.2, 0.25) is 0 Å². The van der Waals surface area contributed by atoms with Crippen LogP contribution in [-0.4, -0.2) is 23.8 Å². The van der Waals surface area contributed by atoms with E-state index in [2.05, 4.69) is 0 Å². The van der Waals surface area contributed by atoms with Crippen molar-refractivity contribution < 1.29 is 32.5 Å². The lowest BCUT2D eigenvalue weighted by Crippen LogP contribution is -2.26. The number of hydrogen-bond acceptors (Lipinski definition) is 4. The summed E-state index contributed by atoms with van der Waals surface area (Å²) in [5.41, 5.74) is 1.81. The van der Waals surface area contributed by atoms with Gasteiger partial charge in [-0.25, -0.2) is 8.78 Å². The highest BCUT2D eigenvalue weighted by atomic mass is 19.2. The van der Waals surface area contributed by atoms with Crippen LogP contribution >= 0.6 is 0 Å². The Hall–Kier alpha value is -2.38. The number of carbonyl (C=O) groups is 1. The maximum absolute atomic E-state index is 15.0. The first-order valence-corrected chi connectivity index (χ1v) is 14.1. The summed E-state index contributed by atoms with van der Waals surface area (Å²) in [6.45, 7) is 2.67. The molecule has 2 aliphatic carbocycles. The molecular weight excluding hydrogens is 493 g/mol. The number of aliphatic hydroxyl groups is 1. The van der Waals surface area contributed by atoms with Gasteiger partial charge in [0.1, 0.15) is 11.9 Å². The first-order valence-electron chi connectivity index (χ1n) is 14.1. The SMILES string of the molecule is CCCC(O)C1CCC(c2ccc(OC(=O)C3CCC(c4ccc(C5CO5)cc4F)CC3)c(F)c2F)CC1. The van der Waals surface area contributed by atoms with E-state index in [4.69, 9.17) is 9.47 Å². The molecule has 0 bridgehead atoms. The van der Waals surface area contributed by atoms with Crippen molar-refractivity contribution >= 4 is 5.97 Å². The molecule has 2 aromatic carbocycles. The zero-order valence-electron chi connectivity index (χ0n) is 21.9. The summed E-state index contributed by atoms with van der Waals surface area (Å²) in [5, 5.41) is 10.3. The molecule has 0 radical (unpaired) electrons. The average Bonchev–Trinajstić information content (AvgIpc) is 3.78. The summed E-state index contributed by atoms with van der Waals surface area (Å²) in [6, 6.07) is 8.14. The van der Waals surface area contributed by atoms with Gasteiger partial charge in [-0.05, 0) is 104 Å². The standard InChI is InChI=1S/C31H37F3O4/c1-2-3-26(35)20-8-4-19(5-9-20)24-14-15-27(30(34)29(24)33)38-31(36)21-10-6-18(7-11-21)23-13-12-22(16-25(23)32)28-17-37-28/h12-16,18-21,26,28,35H,2-11,17H2,1H3. The number of carbonyl (C=O) groups excluding carboxylic acids is 1. The maximum Gasteiger partial charge on any atom is 0.314 e. The molecule has 206 valence electrons. The molecule has 2 unspecified atom stereocenters. The fourth-order valence-corrected chi connectivity index (χ4v) is 6.43. The molecule has 3 fully saturated rings. The van der Waals surface area contributed by atoms with Gasteiger partial charge >= 0.3 is 5.97 Å². The van der Waals surface area contributed by atoms with Gasteiger partial charge in [-0.3, -0.25) is 4.79 Å². The fourth-order valence-electron chi connectivity index (χ4n) is 6.43. The molecule has 3 aliphatic rings. The predicted molar refractivity (Wildman–Crippen MR) is 137 cm³/mol. The fraction of sp³-hybridized carbons (Fsp3) is 0.581. The number of hydrogen-bond donors (Lipinski definition) is 1. The number of ether oxygens (including phenoxy) is 2. The van der Waals surface area contributed by atoms with Gasteiger partial charge in [0, 0.05) is 0 Å². The lowest BCUT2D eigenvalue weighted by atomic mass is 9.76. The first kappa shape index (κ1) is 27.2. The normalized spacial score (nSPS) is 28.1. The van der Waals surface area contributed by atoms with E-state index in [1.54, 1.807) is 0 Å². The number of rotatable bonds is 8. The molecule has 1 saturated heterocycles. The van der Waals surface area contributed by atoms with Crippen LogP contribution < -0.4 is 4.74 Å². The average molecular weight is 531 g/mol. The van der Waals surface area contributed by atoms with E-state index in [0.717, 1.165) is 31.2 Å². The van der Waals surface area contributed by atoms with Crippen molar-refractivity contribution in [3.63, 3.8) is 0 Å². The van der Waals surface area contributed by atoms with Crippen LogP contribution in [0.3, 0.4) is 0 Å². The van der Waals surface area contributed by atoms with E-state index in [1.807, 2.05) is 19.1 Å². The molecular formula is C31H37F3O4. The Labute approximate surface area is 222 Å². The van der Waals surface area contributed by atoms with E-state index < -0.39 is 23.5 Å². The van der Waals surface area contributed by atoms with Crippen LogP contribution in [0, 0.1) is 29.3 Å². The largest absolute Gasteiger partial charge is 0.423 e. The molecule has 1 heterocycles. The summed E-state index contributed by atoms with van der Waals surface area (Å²) in [7, 11) is 0. The third-order valence-electron chi connectivity index (χ3n) is 8.86. The van der Waals surface area contributed by atoms with E-state index in [-0.39, 0.29) is 41.5 Å². The molecule has 2 atom stereocenters. The third-order valence-corrected chi connectivity index (χ3v) is 8.86. The van der Waals surface area contributed by atoms with Gasteiger partial charge in [0.2, 0.25) is 5.82 Å². The van der Waals surface area contributed by atoms with Gasteiger partial charge < -0.3 is 14.6 Å². The van der Waals surface area contributed by atoms with Crippen molar-refractivity contribution in [3.8, 4) is 5.75 Å². The van der Waals surface area contributed by atoms with E-state index >= 15 is 4.39 Å². The first-order chi connectivity index (χ1) is 18.4. The maximum atomic E-state index is 15.0. The Bertz CT molecular complexity index is 1130. The molecule has 0 spiro atoms. The monoisotopic (exact) mass is 530 g/mol. The highest BCUT2D eigenvalue weighted by Crippen LogP contribution is 2.42. The van der Waals surface area contributed by atoms with E-state index in [9.17, 15) is 18.7 Å². The van der Waals surface area contributed by atoms with Crippen LogP contribution in [0.25, 0.3) is 0 Å². The minimum Gasteiger partial charge on any atom is -0.423 e. The molecule has 4 nitrogen and oxygen atoms in total. The van der Waals surface area contributed by atoms with E-state index in [1.165, 1.54) is 18.2 Å². The molecule has 0 aromatic heterocycles. The smallest absolute Gasteiger partial charge is 0.314 e. The van der Waals surface area contributed by atoms with Crippen molar-refractivity contribution in [3.05, 3.63) is 64.5 Å². The summed E-state index contributed by atoms with van der Waals surface area (Å²) in [6.07, 6.45) is 6.59. The Kier molecular flexibility index (Phi) is 8.44. The van der Waals surface area contributed by atoms with E-state index in [0.29, 0.717) is 56.3 Å². The molecule has 0 amide bonds. The summed E-state index contributed by atoms with van der Waals surface area (Å²) >= 11 is 0. The second kappa shape index (κ2) is 11.8.